The lowest BCUT2D eigenvalue weighted by Crippen LogP contribution is -2.25. The van der Waals surface area contributed by atoms with Gasteiger partial charge in [-0.2, -0.15) is 0 Å². The van der Waals surface area contributed by atoms with E-state index in [1.54, 1.807) is 6.08 Å². The summed E-state index contributed by atoms with van der Waals surface area (Å²) < 4.78 is 0. The Morgan fingerprint density at radius 2 is 1.31 bits per heavy atom. The molecule has 29 heavy (non-hydrogen) atoms. The zero-order valence-electron chi connectivity index (χ0n) is 19.0. The van der Waals surface area contributed by atoms with E-state index in [0.717, 1.165) is 30.1 Å². The molecule has 0 aromatic rings. The normalized spacial score (nSPS) is 28.3. The lowest BCUT2D eigenvalue weighted by Gasteiger charge is -2.38. The van der Waals surface area contributed by atoms with E-state index in [9.17, 15) is 4.79 Å². The van der Waals surface area contributed by atoms with Crippen molar-refractivity contribution in [1.82, 2.24) is 0 Å². The minimum Gasteiger partial charge on any atom is -0.478 e. The van der Waals surface area contributed by atoms with Gasteiger partial charge < -0.3 is 5.11 Å². The molecule has 2 fully saturated rings. The monoisotopic (exact) mass is 402 g/mol. The van der Waals surface area contributed by atoms with Gasteiger partial charge in [0, 0.05) is 6.08 Å². The Kier molecular flexibility index (Phi) is 12.4. The Labute approximate surface area is 180 Å². The summed E-state index contributed by atoms with van der Waals surface area (Å²) in [6.45, 7) is 2.30. The summed E-state index contributed by atoms with van der Waals surface area (Å²) in [7, 11) is 0. The highest BCUT2D eigenvalue weighted by molar-refractivity contribution is 5.80. The summed E-state index contributed by atoms with van der Waals surface area (Å²) >= 11 is 0. The molecule has 0 aromatic carbocycles. The largest absolute Gasteiger partial charge is 0.478 e. The molecule has 2 rings (SSSR count). The molecule has 2 aliphatic carbocycles. The molecule has 2 aliphatic rings. The third-order valence-electron chi connectivity index (χ3n) is 7.63. The van der Waals surface area contributed by atoms with Gasteiger partial charge in [-0.3, -0.25) is 0 Å². The van der Waals surface area contributed by atoms with Gasteiger partial charge in [-0.05, 0) is 62.2 Å². The van der Waals surface area contributed by atoms with Crippen LogP contribution in [0.25, 0.3) is 0 Å². The first-order valence-electron chi connectivity index (χ1n) is 12.7. The van der Waals surface area contributed by atoms with E-state index < -0.39 is 5.97 Å². The molecule has 2 nitrogen and oxygen atoms in total. The van der Waals surface area contributed by atoms with Gasteiger partial charge in [0.1, 0.15) is 0 Å². The van der Waals surface area contributed by atoms with E-state index >= 15 is 0 Å². The first-order valence-corrected chi connectivity index (χ1v) is 12.7. The average Bonchev–Trinajstić information content (AvgIpc) is 2.74. The van der Waals surface area contributed by atoms with Crippen molar-refractivity contribution in [3.63, 3.8) is 0 Å². The molecule has 0 radical (unpaired) electrons. The highest BCUT2D eigenvalue weighted by Crippen LogP contribution is 2.43. The van der Waals surface area contributed by atoms with E-state index in [1.807, 2.05) is 6.08 Å². The molecule has 0 bridgehead atoms. The van der Waals surface area contributed by atoms with Crippen molar-refractivity contribution in [1.29, 1.82) is 0 Å². The molecule has 0 aliphatic heterocycles. The predicted molar refractivity (Wildman–Crippen MR) is 124 cm³/mol. The number of hydrogen-bond donors (Lipinski definition) is 1. The number of unbranched alkanes of at least 4 members (excludes halogenated alkanes) is 5. The van der Waals surface area contributed by atoms with Gasteiger partial charge >= 0.3 is 5.97 Å². The maximum absolute atomic E-state index is 10.4. The maximum atomic E-state index is 10.4. The molecule has 0 unspecified atom stereocenters. The molecule has 2 saturated carbocycles. The van der Waals surface area contributed by atoms with Crippen molar-refractivity contribution in [2.75, 3.05) is 0 Å². The predicted octanol–water partition coefficient (Wildman–Crippen LogP) is 8.33. The lowest BCUT2D eigenvalue weighted by molar-refractivity contribution is -0.131. The van der Waals surface area contributed by atoms with Crippen molar-refractivity contribution in [2.24, 2.45) is 23.7 Å². The van der Waals surface area contributed by atoms with Crippen LogP contribution in [-0.4, -0.2) is 11.1 Å². The summed E-state index contributed by atoms with van der Waals surface area (Å²) in [5.74, 6) is 3.17. The molecule has 0 heterocycles. The van der Waals surface area contributed by atoms with Gasteiger partial charge in [0.15, 0.2) is 0 Å². The Morgan fingerprint density at radius 1 is 0.759 bits per heavy atom. The molecule has 1 N–H and O–H groups in total. The van der Waals surface area contributed by atoms with Gasteiger partial charge in [0.2, 0.25) is 0 Å². The number of allylic oxidation sites excluding steroid dienone is 3. The molecule has 166 valence electrons. The average molecular weight is 403 g/mol. The van der Waals surface area contributed by atoms with Gasteiger partial charge in [0.05, 0.1) is 0 Å². The fourth-order valence-electron chi connectivity index (χ4n) is 5.77. The Bertz CT molecular complexity index is 477. The first kappa shape index (κ1) is 24.2. The quantitative estimate of drug-likeness (QED) is 0.191. The standard InChI is InChI=1S/C27H46O2/c1-2-3-4-6-9-12-23-15-19-25(20-16-23)26-21-17-24(18-22-26)13-10-7-5-8-11-14-27(28)29/h5,8,11,14,23-26H,2-4,6-7,9-10,12-13,15-22H2,1H3,(H,28,29). The number of aliphatic carboxylic acids is 1. The van der Waals surface area contributed by atoms with Crippen molar-refractivity contribution in [3.8, 4) is 0 Å². The van der Waals surface area contributed by atoms with Gasteiger partial charge in [-0.15, -0.1) is 0 Å². The minimum atomic E-state index is -0.873. The molecule has 0 spiro atoms. The van der Waals surface area contributed by atoms with E-state index in [-0.39, 0.29) is 0 Å². The number of carbonyl (C=O) groups is 1. The summed E-state index contributed by atoms with van der Waals surface area (Å²) in [6, 6.07) is 0. The van der Waals surface area contributed by atoms with Crippen LogP contribution < -0.4 is 0 Å². The lowest BCUT2D eigenvalue weighted by atomic mass is 9.68. The van der Waals surface area contributed by atoms with E-state index in [0.29, 0.717) is 0 Å². The second kappa shape index (κ2) is 14.9. The van der Waals surface area contributed by atoms with Crippen molar-refractivity contribution in [2.45, 2.75) is 116 Å². The van der Waals surface area contributed by atoms with Gasteiger partial charge in [-0.1, -0.05) is 95.8 Å². The number of rotatable bonds is 13. The zero-order chi connectivity index (χ0) is 20.7. The van der Waals surface area contributed by atoms with Gasteiger partial charge in [0.25, 0.3) is 0 Å². The Morgan fingerprint density at radius 3 is 1.86 bits per heavy atom. The summed E-state index contributed by atoms with van der Waals surface area (Å²) in [4.78, 5) is 10.4. The molecule has 2 heteroatoms. The molecular formula is C27H46O2. The zero-order valence-corrected chi connectivity index (χ0v) is 19.0. The number of hydrogen-bond acceptors (Lipinski definition) is 1. The highest BCUT2D eigenvalue weighted by atomic mass is 16.4. The van der Waals surface area contributed by atoms with Crippen LogP contribution in [0.5, 0.6) is 0 Å². The maximum Gasteiger partial charge on any atom is 0.328 e. The second-order valence-electron chi connectivity index (χ2n) is 9.82. The van der Waals surface area contributed by atoms with Crippen molar-refractivity contribution < 1.29 is 9.90 Å². The van der Waals surface area contributed by atoms with E-state index in [4.69, 9.17) is 5.11 Å². The van der Waals surface area contributed by atoms with Crippen LogP contribution in [0.2, 0.25) is 0 Å². The Hall–Kier alpha value is -1.05. The van der Waals surface area contributed by atoms with E-state index in [2.05, 4.69) is 13.0 Å². The smallest absolute Gasteiger partial charge is 0.328 e. The third-order valence-corrected chi connectivity index (χ3v) is 7.63. The fourth-order valence-corrected chi connectivity index (χ4v) is 5.77. The number of carboxylic acids is 1. The van der Waals surface area contributed by atoms with Crippen LogP contribution in [0, 0.1) is 23.7 Å². The molecular weight excluding hydrogens is 356 g/mol. The third kappa shape index (κ3) is 10.5. The molecule has 0 atom stereocenters. The summed E-state index contributed by atoms with van der Waals surface area (Å²) in [5, 5.41) is 8.55. The second-order valence-corrected chi connectivity index (χ2v) is 9.82. The molecule has 0 saturated heterocycles. The molecule has 0 amide bonds. The topological polar surface area (TPSA) is 37.3 Å². The van der Waals surface area contributed by atoms with Crippen molar-refractivity contribution in [3.05, 3.63) is 24.3 Å². The fraction of sp³-hybridized carbons (Fsp3) is 0.815. The highest BCUT2D eigenvalue weighted by Gasteiger charge is 2.30. The minimum absolute atomic E-state index is 0.873. The van der Waals surface area contributed by atoms with Crippen LogP contribution in [0.1, 0.15) is 116 Å². The van der Waals surface area contributed by atoms with E-state index in [1.165, 1.54) is 109 Å². The molecule has 0 aromatic heterocycles. The first-order chi connectivity index (χ1) is 14.2. The Balaban J connectivity index is 1.51. The van der Waals surface area contributed by atoms with Gasteiger partial charge in [-0.25, -0.2) is 4.79 Å². The van der Waals surface area contributed by atoms with Crippen LogP contribution in [0.15, 0.2) is 24.3 Å². The summed E-state index contributed by atoms with van der Waals surface area (Å²) in [6.07, 6.45) is 31.1. The SMILES string of the molecule is CCCCCCCC1CCC(C2CCC(CCCC=CC=CC(=O)O)CC2)CC1. The van der Waals surface area contributed by atoms with Crippen LogP contribution >= 0.6 is 0 Å². The van der Waals surface area contributed by atoms with Crippen LogP contribution in [0.3, 0.4) is 0 Å². The van der Waals surface area contributed by atoms with Crippen molar-refractivity contribution >= 4 is 5.97 Å². The van der Waals surface area contributed by atoms with Crippen LogP contribution in [-0.2, 0) is 4.79 Å². The summed E-state index contributed by atoms with van der Waals surface area (Å²) in [5.41, 5.74) is 0. The van der Waals surface area contributed by atoms with Crippen LogP contribution in [0.4, 0.5) is 0 Å². The number of carboxylic acid groups (broad SMARTS) is 1.